The molecule has 0 saturated carbocycles. The summed E-state index contributed by atoms with van der Waals surface area (Å²) < 4.78 is 0. The summed E-state index contributed by atoms with van der Waals surface area (Å²) in [6.45, 7) is 1.95. The lowest BCUT2D eigenvalue weighted by molar-refractivity contribution is -0.141. The van der Waals surface area contributed by atoms with Crippen LogP contribution in [-0.4, -0.2) is 23.5 Å². The van der Waals surface area contributed by atoms with Crippen LogP contribution in [0.5, 0.6) is 0 Å². The van der Waals surface area contributed by atoms with Gasteiger partial charge >= 0.3 is 5.97 Å². The van der Waals surface area contributed by atoms with E-state index in [0.717, 1.165) is 0 Å². The maximum atomic E-state index is 11.6. The molecule has 0 radical (unpaired) electrons. The largest absolute Gasteiger partial charge is 0.481 e. The summed E-state index contributed by atoms with van der Waals surface area (Å²) in [6.07, 6.45) is 0.504. The van der Waals surface area contributed by atoms with Crippen molar-refractivity contribution in [2.24, 2.45) is 5.92 Å². The number of carboxylic acid groups (broad SMARTS) is 1. The van der Waals surface area contributed by atoms with Gasteiger partial charge in [-0.2, -0.15) is 0 Å². The Kier molecular flexibility index (Phi) is 4.51. The molecule has 0 aliphatic rings. The standard InChI is InChI=1S/C12H15NO3/c1-2-9(12(15)16)8-13-11(14)10-6-4-3-5-7-10/h3-7,9H,2,8H2,1H3,(H,13,14)(H,15,16). The van der Waals surface area contributed by atoms with E-state index < -0.39 is 11.9 Å². The highest BCUT2D eigenvalue weighted by molar-refractivity contribution is 5.94. The van der Waals surface area contributed by atoms with Crippen LogP contribution in [-0.2, 0) is 4.79 Å². The zero-order valence-electron chi connectivity index (χ0n) is 9.14. The van der Waals surface area contributed by atoms with Crippen molar-refractivity contribution >= 4 is 11.9 Å². The van der Waals surface area contributed by atoms with Crippen LogP contribution in [0, 0.1) is 5.92 Å². The third-order valence-corrected chi connectivity index (χ3v) is 2.39. The zero-order chi connectivity index (χ0) is 12.0. The van der Waals surface area contributed by atoms with Crippen molar-refractivity contribution in [3.63, 3.8) is 0 Å². The maximum Gasteiger partial charge on any atom is 0.308 e. The van der Waals surface area contributed by atoms with Crippen molar-refractivity contribution in [3.8, 4) is 0 Å². The number of nitrogens with one attached hydrogen (secondary N) is 1. The van der Waals surface area contributed by atoms with Gasteiger partial charge in [0, 0.05) is 12.1 Å². The summed E-state index contributed by atoms with van der Waals surface area (Å²) >= 11 is 0. The SMILES string of the molecule is CCC(CNC(=O)c1ccccc1)C(=O)O. The van der Waals surface area contributed by atoms with E-state index in [-0.39, 0.29) is 12.5 Å². The normalized spacial score (nSPS) is 11.8. The first-order chi connectivity index (χ1) is 7.65. The van der Waals surface area contributed by atoms with Crippen LogP contribution in [0.1, 0.15) is 23.7 Å². The molecule has 0 saturated heterocycles. The number of benzene rings is 1. The number of carbonyl (C=O) groups is 2. The summed E-state index contributed by atoms with van der Waals surface area (Å²) in [6, 6.07) is 8.74. The zero-order valence-corrected chi connectivity index (χ0v) is 9.14. The van der Waals surface area contributed by atoms with Crippen LogP contribution < -0.4 is 5.32 Å². The molecule has 0 bridgehead atoms. The summed E-state index contributed by atoms with van der Waals surface area (Å²) in [5, 5.41) is 11.4. The molecule has 1 aromatic rings. The molecule has 1 atom stereocenters. The Morgan fingerprint density at radius 2 is 1.94 bits per heavy atom. The van der Waals surface area contributed by atoms with Crippen LogP contribution in [0.3, 0.4) is 0 Å². The van der Waals surface area contributed by atoms with Crippen molar-refractivity contribution in [2.75, 3.05) is 6.54 Å². The molecule has 4 nitrogen and oxygen atoms in total. The highest BCUT2D eigenvalue weighted by Crippen LogP contribution is 2.02. The first-order valence-electron chi connectivity index (χ1n) is 5.21. The maximum absolute atomic E-state index is 11.6. The van der Waals surface area contributed by atoms with Gasteiger partial charge in [0.2, 0.25) is 0 Å². The predicted molar refractivity (Wildman–Crippen MR) is 60.2 cm³/mol. The van der Waals surface area contributed by atoms with Crippen LogP contribution in [0.2, 0.25) is 0 Å². The van der Waals surface area contributed by atoms with Crippen molar-refractivity contribution in [3.05, 3.63) is 35.9 Å². The van der Waals surface area contributed by atoms with Crippen LogP contribution in [0.25, 0.3) is 0 Å². The Morgan fingerprint density at radius 1 is 1.31 bits per heavy atom. The second-order valence-corrected chi connectivity index (χ2v) is 3.52. The van der Waals surface area contributed by atoms with Crippen molar-refractivity contribution < 1.29 is 14.7 Å². The Hall–Kier alpha value is -1.84. The summed E-state index contributed by atoms with van der Waals surface area (Å²) in [7, 11) is 0. The molecular weight excluding hydrogens is 206 g/mol. The smallest absolute Gasteiger partial charge is 0.308 e. The highest BCUT2D eigenvalue weighted by atomic mass is 16.4. The Labute approximate surface area is 94.3 Å². The van der Waals surface area contributed by atoms with Gasteiger partial charge in [0.15, 0.2) is 0 Å². The van der Waals surface area contributed by atoms with Crippen molar-refractivity contribution in [1.82, 2.24) is 5.32 Å². The monoisotopic (exact) mass is 221 g/mol. The average Bonchev–Trinajstić information content (AvgIpc) is 2.30. The molecule has 86 valence electrons. The van der Waals surface area contributed by atoms with E-state index in [2.05, 4.69) is 5.32 Å². The van der Waals surface area contributed by atoms with Gasteiger partial charge in [0.05, 0.1) is 5.92 Å². The molecule has 1 amide bonds. The van der Waals surface area contributed by atoms with Gasteiger partial charge in [0.25, 0.3) is 5.91 Å². The number of amides is 1. The van der Waals surface area contributed by atoms with Gasteiger partial charge < -0.3 is 10.4 Å². The van der Waals surface area contributed by atoms with Gasteiger partial charge in [-0.05, 0) is 18.6 Å². The lowest BCUT2D eigenvalue weighted by atomic mass is 10.1. The fourth-order valence-electron chi connectivity index (χ4n) is 1.31. The molecule has 0 aliphatic heterocycles. The van der Waals surface area contributed by atoms with E-state index in [1.54, 1.807) is 31.2 Å². The van der Waals surface area contributed by atoms with E-state index in [4.69, 9.17) is 5.11 Å². The van der Waals surface area contributed by atoms with Gasteiger partial charge in [-0.1, -0.05) is 25.1 Å². The number of aliphatic carboxylic acids is 1. The number of hydrogen-bond acceptors (Lipinski definition) is 2. The van der Waals surface area contributed by atoms with Crippen LogP contribution in [0.4, 0.5) is 0 Å². The minimum absolute atomic E-state index is 0.166. The molecule has 1 aromatic carbocycles. The fraction of sp³-hybridized carbons (Fsp3) is 0.333. The van der Waals surface area contributed by atoms with Gasteiger partial charge in [-0.15, -0.1) is 0 Å². The quantitative estimate of drug-likeness (QED) is 0.792. The predicted octanol–water partition coefficient (Wildman–Crippen LogP) is 1.53. The number of carboxylic acids is 1. The Balaban J connectivity index is 2.50. The Morgan fingerprint density at radius 3 is 2.44 bits per heavy atom. The number of carbonyl (C=O) groups excluding carboxylic acids is 1. The van der Waals surface area contributed by atoms with E-state index in [1.165, 1.54) is 0 Å². The molecule has 0 spiro atoms. The summed E-state index contributed by atoms with van der Waals surface area (Å²) in [5.74, 6) is -1.64. The van der Waals surface area contributed by atoms with Gasteiger partial charge in [-0.25, -0.2) is 0 Å². The molecular formula is C12H15NO3. The third-order valence-electron chi connectivity index (χ3n) is 2.39. The van der Waals surface area contributed by atoms with E-state index in [0.29, 0.717) is 12.0 Å². The molecule has 0 fully saturated rings. The lowest BCUT2D eigenvalue weighted by Gasteiger charge is -2.10. The molecule has 1 unspecified atom stereocenters. The molecule has 0 aliphatic carbocycles. The van der Waals surface area contributed by atoms with Crippen molar-refractivity contribution in [1.29, 1.82) is 0 Å². The lowest BCUT2D eigenvalue weighted by Crippen LogP contribution is -2.32. The highest BCUT2D eigenvalue weighted by Gasteiger charge is 2.16. The Bertz CT molecular complexity index is 362. The van der Waals surface area contributed by atoms with Crippen LogP contribution >= 0.6 is 0 Å². The first-order valence-corrected chi connectivity index (χ1v) is 5.21. The second-order valence-electron chi connectivity index (χ2n) is 3.52. The van der Waals surface area contributed by atoms with Gasteiger partial charge in [0.1, 0.15) is 0 Å². The molecule has 0 aromatic heterocycles. The number of hydrogen-bond donors (Lipinski definition) is 2. The molecule has 16 heavy (non-hydrogen) atoms. The van der Waals surface area contributed by atoms with Gasteiger partial charge in [-0.3, -0.25) is 9.59 Å². The van der Waals surface area contributed by atoms with E-state index in [1.807, 2.05) is 6.07 Å². The number of rotatable bonds is 5. The second kappa shape index (κ2) is 5.90. The van der Waals surface area contributed by atoms with Crippen LogP contribution in [0.15, 0.2) is 30.3 Å². The summed E-state index contributed by atoms with van der Waals surface area (Å²) in [4.78, 5) is 22.3. The minimum Gasteiger partial charge on any atom is -0.481 e. The third kappa shape index (κ3) is 3.38. The fourth-order valence-corrected chi connectivity index (χ4v) is 1.31. The average molecular weight is 221 g/mol. The molecule has 1 rings (SSSR count). The molecule has 2 N–H and O–H groups in total. The molecule has 4 heteroatoms. The topological polar surface area (TPSA) is 66.4 Å². The minimum atomic E-state index is -0.879. The first kappa shape index (κ1) is 12.2. The van der Waals surface area contributed by atoms with Crippen molar-refractivity contribution in [2.45, 2.75) is 13.3 Å². The summed E-state index contributed by atoms with van der Waals surface area (Å²) in [5.41, 5.74) is 0.544. The molecule has 0 heterocycles. The van der Waals surface area contributed by atoms with E-state index in [9.17, 15) is 9.59 Å². The van der Waals surface area contributed by atoms with E-state index >= 15 is 0 Å².